The second-order valence-corrected chi connectivity index (χ2v) is 17.5. The summed E-state index contributed by atoms with van der Waals surface area (Å²) in [6, 6.07) is 16.6. The molecule has 3 amide bonds. The van der Waals surface area contributed by atoms with Crippen LogP contribution in [0.2, 0.25) is 10.0 Å². The van der Waals surface area contributed by atoms with Gasteiger partial charge in [0, 0.05) is 76.6 Å². The topological polar surface area (TPSA) is 125 Å². The van der Waals surface area contributed by atoms with Crippen molar-refractivity contribution in [3.05, 3.63) is 93.0 Å². The number of aryl methyl sites for hydroxylation is 1. The molecule has 0 radical (unpaired) electrons. The maximum absolute atomic E-state index is 15.2. The Labute approximate surface area is 352 Å². The van der Waals surface area contributed by atoms with Crippen molar-refractivity contribution in [1.29, 1.82) is 0 Å². The number of urea groups is 1. The summed E-state index contributed by atoms with van der Waals surface area (Å²) in [7, 11) is -0.670. The molecule has 2 saturated heterocycles. The lowest BCUT2D eigenvalue weighted by molar-refractivity contribution is -0.134. The van der Waals surface area contributed by atoms with E-state index in [0.29, 0.717) is 105 Å². The van der Waals surface area contributed by atoms with Crippen molar-refractivity contribution in [3.8, 4) is 5.75 Å². The predicted molar refractivity (Wildman–Crippen MR) is 225 cm³/mol. The largest absolute Gasteiger partial charge is 0.493 e. The van der Waals surface area contributed by atoms with E-state index in [-0.39, 0.29) is 23.4 Å². The minimum absolute atomic E-state index is 0.0328. The van der Waals surface area contributed by atoms with Crippen LogP contribution in [0.1, 0.15) is 60.5 Å². The van der Waals surface area contributed by atoms with E-state index in [9.17, 15) is 13.2 Å². The van der Waals surface area contributed by atoms with Crippen LogP contribution in [0.5, 0.6) is 5.75 Å². The molecule has 0 saturated carbocycles. The second-order valence-electron chi connectivity index (χ2n) is 14.7. The number of halogens is 2. The summed E-state index contributed by atoms with van der Waals surface area (Å²) in [6.45, 7) is 8.44. The number of sulfonamides is 1. The van der Waals surface area contributed by atoms with E-state index in [1.807, 2.05) is 31.2 Å². The summed E-state index contributed by atoms with van der Waals surface area (Å²) in [5.74, 6) is 0.693. The first kappa shape index (κ1) is 43.8. The quantitative estimate of drug-likeness (QED) is 0.175. The van der Waals surface area contributed by atoms with Gasteiger partial charge in [-0.15, -0.1) is 0 Å². The standard InChI is InChI=1S/C42H54Cl2N6O7S/c1-5-57-36-27-30(2)37(58(53,54)49-17-7-6-8-18-49)28-35(36)41-45-39(31-9-13-33(43)14-10-31)40(32-11-15-34(44)16-12-32)50(41)42(52)48-21-19-46(20-22-48)29-38(51)47(23-25-55-3)24-26-56-4/h9-16,27-28,39-40H,5-8,17-26,29H2,1-4H3/t39-,40+/m0/s1. The van der Waals surface area contributed by atoms with Gasteiger partial charge in [-0.2, -0.15) is 4.31 Å². The Morgan fingerprint density at radius 3 is 1.98 bits per heavy atom. The molecule has 3 aromatic carbocycles. The van der Waals surface area contributed by atoms with Crippen molar-refractivity contribution in [2.75, 3.05) is 92.9 Å². The lowest BCUT2D eigenvalue weighted by Crippen LogP contribution is -2.55. The molecule has 0 spiro atoms. The Bertz CT molecular complexity index is 2010. The number of hydrogen-bond donors (Lipinski definition) is 0. The van der Waals surface area contributed by atoms with Gasteiger partial charge in [0.25, 0.3) is 0 Å². The summed E-state index contributed by atoms with van der Waals surface area (Å²) < 4.78 is 46.8. The molecule has 13 nitrogen and oxygen atoms in total. The highest BCUT2D eigenvalue weighted by Crippen LogP contribution is 2.46. The van der Waals surface area contributed by atoms with Crippen LogP contribution in [0.4, 0.5) is 4.79 Å². The van der Waals surface area contributed by atoms with Gasteiger partial charge >= 0.3 is 6.03 Å². The van der Waals surface area contributed by atoms with E-state index in [1.54, 1.807) is 76.5 Å². The summed E-state index contributed by atoms with van der Waals surface area (Å²) in [5, 5.41) is 1.10. The van der Waals surface area contributed by atoms with Gasteiger partial charge in [0.1, 0.15) is 17.6 Å². The molecule has 2 fully saturated rings. The maximum Gasteiger partial charge on any atom is 0.326 e. The molecule has 0 N–H and O–H groups in total. The number of hydrogen-bond acceptors (Lipinski definition) is 9. The molecule has 58 heavy (non-hydrogen) atoms. The Kier molecular flexibility index (Phi) is 15.1. The number of piperazine rings is 1. The van der Waals surface area contributed by atoms with Crippen LogP contribution in [0.15, 0.2) is 70.6 Å². The Balaban J connectivity index is 1.40. The van der Waals surface area contributed by atoms with Crippen LogP contribution in [0.25, 0.3) is 0 Å². The molecule has 2 atom stereocenters. The van der Waals surface area contributed by atoms with E-state index in [0.717, 1.165) is 30.4 Å². The minimum Gasteiger partial charge on any atom is -0.493 e. The lowest BCUT2D eigenvalue weighted by atomic mass is 9.93. The molecule has 3 aliphatic heterocycles. The average Bonchev–Trinajstić information content (AvgIpc) is 3.62. The number of amidine groups is 1. The van der Waals surface area contributed by atoms with Crippen molar-refractivity contribution in [3.63, 3.8) is 0 Å². The van der Waals surface area contributed by atoms with Crippen LogP contribution < -0.4 is 4.74 Å². The number of amides is 3. The molecule has 16 heteroatoms. The van der Waals surface area contributed by atoms with E-state index >= 15 is 4.79 Å². The van der Waals surface area contributed by atoms with Gasteiger partial charge in [0.15, 0.2) is 0 Å². The zero-order valence-corrected chi connectivity index (χ0v) is 36.1. The predicted octanol–water partition coefficient (Wildman–Crippen LogP) is 6.28. The fraction of sp³-hybridized carbons (Fsp3) is 0.500. The van der Waals surface area contributed by atoms with Crippen LogP contribution in [0.3, 0.4) is 0 Å². The number of carbonyl (C=O) groups excluding carboxylic acids is 2. The Morgan fingerprint density at radius 1 is 0.828 bits per heavy atom. The third kappa shape index (κ3) is 9.98. The SMILES string of the molecule is CCOc1cc(C)c(S(=O)(=O)N2CCCCC2)cc1C1=N[C@@H](c2ccc(Cl)cc2)[C@@H](c2ccc(Cl)cc2)N1C(=O)N1CCN(CC(=O)N(CCOC)CCOC)CC1. The Morgan fingerprint density at radius 2 is 1.41 bits per heavy atom. The van der Waals surface area contributed by atoms with E-state index < -0.39 is 22.1 Å². The van der Waals surface area contributed by atoms with Crippen molar-refractivity contribution in [2.24, 2.45) is 4.99 Å². The molecule has 0 aromatic heterocycles. The zero-order valence-electron chi connectivity index (χ0n) is 33.7. The van der Waals surface area contributed by atoms with E-state index in [1.165, 1.54) is 0 Å². The number of aliphatic imine (C=N–C) groups is 1. The summed E-state index contributed by atoms with van der Waals surface area (Å²) >= 11 is 12.8. The van der Waals surface area contributed by atoms with Gasteiger partial charge in [-0.3, -0.25) is 19.6 Å². The van der Waals surface area contributed by atoms with Crippen molar-refractivity contribution in [1.82, 2.24) is 23.9 Å². The highest BCUT2D eigenvalue weighted by Gasteiger charge is 2.45. The minimum atomic E-state index is -3.88. The first-order chi connectivity index (χ1) is 28.0. The molecular weight excluding hydrogens is 803 g/mol. The van der Waals surface area contributed by atoms with Gasteiger partial charge in [-0.1, -0.05) is 53.9 Å². The van der Waals surface area contributed by atoms with Crippen molar-refractivity contribution >= 4 is 51.0 Å². The highest BCUT2D eigenvalue weighted by molar-refractivity contribution is 7.89. The smallest absolute Gasteiger partial charge is 0.326 e. The fourth-order valence-corrected chi connectivity index (χ4v) is 9.79. The van der Waals surface area contributed by atoms with Crippen LogP contribution in [-0.4, -0.2) is 143 Å². The third-order valence-corrected chi connectivity index (χ3v) is 13.5. The van der Waals surface area contributed by atoms with Crippen molar-refractivity contribution < 1.29 is 32.2 Å². The van der Waals surface area contributed by atoms with Gasteiger partial charge < -0.3 is 24.0 Å². The van der Waals surface area contributed by atoms with Crippen LogP contribution >= 0.6 is 23.2 Å². The number of benzene rings is 3. The number of rotatable bonds is 15. The molecule has 0 unspecified atom stereocenters. The summed E-state index contributed by atoms with van der Waals surface area (Å²) in [5.41, 5.74) is 2.56. The van der Waals surface area contributed by atoms with Crippen LogP contribution in [-0.2, 0) is 24.3 Å². The molecule has 0 bridgehead atoms. The Hall–Kier alpha value is -3.76. The number of methoxy groups -OCH3 is 2. The monoisotopic (exact) mass is 856 g/mol. The highest BCUT2D eigenvalue weighted by atomic mass is 35.5. The van der Waals surface area contributed by atoms with Gasteiger partial charge in [-0.25, -0.2) is 13.2 Å². The van der Waals surface area contributed by atoms with Gasteiger partial charge in [0.05, 0.1) is 42.9 Å². The number of piperidine rings is 1. The van der Waals surface area contributed by atoms with E-state index in [4.69, 9.17) is 42.4 Å². The average molecular weight is 858 g/mol. The molecule has 3 aliphatic rings. The number of ether oxygens (including phenoxy) is 3. The normalized spacial score (nSPS) is 19.3. The van der Waals surface area contributed by atoms with Gasteiger partial charge in [-0.05, 0) is 79.8 Å². The van der Waals surface area contributed by atoms with Gasteiger partial charge in [0.2, 0.25) is 15.9 Å². The van der Waals surface area contributed by atoms with Crippen LogP contribution in [0, 0.1) is 6.92 Å². The summed E-state index contributed by atoms with van der Waals surface area (Å²) in [6.07, 6.45) is 2.57. The molecule has 3 aromatic rings. The zero-order chi connectivity index (χ0) is 41.4. The fourth-order valence-electron chi connectivity index (χ4n) is 7.79. The third-order valence-electron chi connectivity index (χ3n) is 10.9. The lowest BCUT2D eigenvalue weighted by Gasteiger charge is -2.39. The number of nitrogens with zero attached hydrogens (tertiary/aromatic N) is 6. The molecular formula is C42H54Cl2N6O7S. The molecule has 6 rings (SSSR count). The summed E-state index contributed by atoms with van der Waals surface area (Å²) in [4.78, 5) is 41.3. The maximum atomic E-state index is 15.2. The second kappa shape index (κ2) is 20.0. The number of carbonyl (C=O) groups is 2. The molecule has 3 heterocycles. The van der Waals surface area contributed by atoms with Crippen molar-refractivity contribution in [2.45, 2.75) is 50.1 Å². The molecule has 0 aliphatic carbocycles. The first-order valence-electron chi connectivity index (χ1n) is 19.9. The van der Waals surface area contributed by atoms with E-state index in [2.05, 4.69) is 4.90 Å². The first-order valence-corrected chi connectivity index (χ1v) is 22.1. The molecule has 314 valence electrons.